The smallest absolute Gasteiger partial charge is 0.223 e. The van der Waals surface area contributed by atoms with Crippen LogP contribution >= 0.6 is 0 Å². The molecule has 0 saturated carbocycles. The Morgan fingerprint density at radius 1 is 1.33 bits per heavy atom. The normalized spacial score (nSPS) is 12.7. The number of aliphatic hydroxyl groups is 1. The molecule has 0 aromatic rings. The predicted molar refractivity (Wildman–Crippen MR) is 59.6 cm³/mol. The first-order chi connectivity index (χ1) is 6.72. The molecule has 0 spiro atoms. The first-order valence-electron chi connectivity index (χ1n) is 5.28. The molecular formula is C11H23NO3. The molecule has 0 aromatic carbocycles. The standard InChI is InChI=1S/C11H23NO3/c1-6-15-11(4,5)7-9(14)12-10(2,3)8-13/h13H,6-8H2,1-5H3,(H,12,14). The maximum Gasteiger partial charge on any atom is 0.223 e. The molecule has 4 heteroatoms. The lowest BCUT2D eigenvalue weighted by molar-refractivity contribution is -0.129. The largest absolute Gasteiger partial charge is 0.394 e. The molecule has 1 amide bonds. The third-order valence-corrected chi connectivity index (χ3v) is 1.99. The molecule has 0 atom stereocenters. The topological polar surface area (TPSA) is 58.6 Å². The SMILES string of the molecule is CCOC(C)(C)CC(=O)NC(C)(C)CO. The highest BCUT2D eigenvalue weighted by atomic mass is 16.5. The van der Waals surface area contributed by atoms with E-state index in [1.165, 1.54) is 0 Å². The van der Waals surface area contributed by atoms with E-state index < -0.39 is 11.1 Å². The zero-order valence-electron chi connectivity index (χ0n) is 10.4. The molecule has 0 unspecified atom stereocenters. The predicted octanol–water partition coefficient (Wildman–Crippen LogP) is 1.08. The van der Waals surface area contributed by atoms with E-state index in [9.17, 15) is 4.79 Å². The number of hydrogen-bond acceptors (Lipinski definition) is 3. The van der Waals surface area contributed by atoms with E-state index in [4.69, 9.17) is 9.84 Å². The van der Waals surface area contributed by atoms with Gasteiger partial charge < -0.3 is 15.2 Å². The molecular weight excluding hydrogens is 194 g/mol. The molecule has 90 valence electrons. The van der Waals surface area contributed by atoms with Gasteiger partial charge in [0.05, 0.1) is 24.2 Å². The fourth-order valence-corrected chi connectivity index (χ4v) is 1.29. The highest BCUT2D eigenvalue weighted by Gasteiger charge is 2.25. The number of hydrogen-bond donors (Lipinski definition) is 2. The maximum atomic E-state index is 11.6. The van der Waals surface area contributed by atoms with Crippen molar-refractivity contribution in [1.82, 2.24) is 5.32 Å². The molecule has 15 heavy (non-hydrogen) atoms. The van der Waals surface area contributed by atoms with Gasteiger partial charge in [-0.2, -0.15) is 0 Å². The monoisotopic (exact) mass is 217 g/mol. The van der Waals surface area contributed by atoms with Gasteiger partial charge in [0, 0.05) is 6.61 Å². The third kappa shape index (κ3) is 6.47. The molecule has 0 aliphatic carbocycles. The number of nitrogens with one attached hydrogen (secondary N) is 1. The molecule has 4 nitrogen and oxygen atoms in total. The van der Waals surface area contributed by atoms with Crippen LogP contribution in [0.15, 0.2) is 0 Å². The molecule has 0 bridgehead atoms. The van der Waals surface area contributed by atoms with Crippen LogP contribution in [-0.2, 0) is 9.53 Å². The lowest BCUT2D eigenvalue weighted by atomic mass is 10.0. The van der Waals surface area contributed by atoms with Gasteiger partial charge in [0.1, 0.15) is 0 Å². The second-order valence-electron chi connectivity index (χ2n) is 4.96. The Morgan fingerprint density at radius 2 is 1.87 bits per heavy atom. The Labute approximate surface area is 92.0 Å². The molecule has 2 N–H and O–H groups in total. The van der Waals surface area contributed by atoms with E-state index in [0.29, 0.717) is 13.0 Å². The fourth-order valence-electron chi connectivity index (χ4n) is 1.29. The summed E-state index contributed by atoms with van der Waals surface area (Å²) in [6, 6.07) is 0. The Bertz CT molecular complexity index is 212. The number of carbonyl (C=O) groups excluding carboxylic acids is 1. The van der Waals surface area contributed by atoms with Crippen LogP contribution in [0.1, 0.15) is 41.0 Å². The van der Waals surface area contributed by atoms with Crippen LogP contribution in [0.5, 0.6) is 0 Å². The van der Waals surface area contributed by atoms with Gasteiger partial charge in [-0.25, -0.2) is 0 Å². The minimum absolute atomic E-state index is 0.0756. The van der Waals surface area contributed by atoms with Crippen molar-refractivity contribution in [2.24, 2.45) is 0 Å². The van der Waals surface area contributed by atoms with Crippen LogP contribution in [0.2, 0.25) is 0 Å². The van der Waals surface area contributed by atoms with Crippen LogP contribution in [-0.4, -0.2) is 35.4 Å². The number of amides is 1. The van der Waals surface area contributed by atoms with Crippen molar-refractivity contribution in [3.8, 4) is 0 Å². The Morgan fingerprint density at radius 3 is 2.27 bits per heavy atom. The van der Waals surface area contributed by atoms with E-state index in [0.717, 1.165) is 0 Å². The van der Waals surface area contributed by atoms with Gasteiger partial charge in [-0.1, -0.05) is 0 Å². The van der Waals surface area contributed by atoms with Gasteiger partial charge in [0.15, 0.2) is 0 Å². The third-order valence-electron chi connectivity index (χ3n) is 1.99. The summed E-state index contributed by atoms with van der Waals surface area (Å²) in [5.41, 5.74) is -1.02. The van der Waals surface area contributed by atoms with Crippen molar-refractivity contribution in [2.45, 2.75) is 52.2 Å². The second kappa shape index (κ2) is 5.47. The minimum Gasteiger partial charge on any atom is -0.394 e. The zero-order chi connectivity index (χ0) is 12.1. The molecule has 0 fully saturated rings. The zero-order valence-corrected chi connectivity index (χ0v) is 10.4. The van der Waals surface area contributed by atoms with Gasteiger partial charge >= 0.3 is 0 Å². The first kappa shape index (κ1) is 14.4. The molecule has 0 rings (SSSR count). The van der Waals surface area contributed by atoms with Crippen LogP contribution in [0.3, 0.4) is 0 Å². The molecule has 0 saturated heterocycles. The highest BCUT2D eigenvalue weighted by molar-refractivity contribution is 5.77. The van der Waals surface area contributed by atoms with E-state index in [1.54, 1.807) is 13.8 Å². The van der Waals surface area contributed by atoms with Crippen LogP contribution < -0.4 is 5.32 Å². The summed E-state index contributed by atoms with van der Waals surface area (Å²) in [5.74, 6) is -0.104. The van der Waals surface area contributed by atoms with E-state index >= 15 is 0 Å². The fraction of sp³-hybridized carbons (Fsp3) is 0.909. The Balaban J connectivity index is 4.14. The first-order valence-corrected chi connectivity index (χ1v) is 5.28. The summed E-state index contributed by atoms with van der Waals surface area (Å²) in [6.45, 7) is 9.72. The summed E-state index contributed by atoms with van der Waals surface area (Å²) in [7, 11) is 0. The number of aliphatic hydroxyl groups excluding tert-OH is 1. The lowest BCUT2D eigenvalue weighted by Crippen LogP contribution is -2.48. The minimum atomic E-state index is -0.570. The van der Waals surface area contributed by atoms with Crippen LogP contribution in [0, 0.1) is 0 Å². The van der Waals surface area contributed by atoms with Crippen molar-refractivity contribution in [2.75, 3.05) is 13.2 Å². The van der Waals surface area contributed by atoms with E-state index in [1.807, 2.05) is 20.8 Å². The van der Waals surface area contributed by atoms with Crippen molar-refractivity contribution < 1.29 is 14.6 Å². The van der Waals surface area contributed by atoms with Crippen LogP contribution in [0.25, 0.3) is 0 Å². The van der Waals surface area contributed by atoms with E-state index in [-0.39, 0.29) is 12.5 Å². The van der Waals surface area contributed by atoms with Gasteiger partial charge in [0.2, 0.25) is 5.91 Å². The molecule has 0 aromatic heterocycles. The Hall–Kier alpha value is -0.610. The van der Waals surface area contributed by atoms with Gasteiger partial charge in [-0.3, -0.25) is 4.79 Å². The van der Waals surface area contributed by atoms with Gasteiger partial charge in [0.25, 0.3) is 0 Å². The average molecular weight is 217 g/mol. The van der Waals surface area contributed by atoms with Gasteiger partial charge in [-0.15, -0.1) is 0 Å². The Kier molecular flexibility index (Phi) is 5.24. The summed E-state index contributed by atoms with van der Waals surface area (Å²) < 4.78 is 5.42. The van der Waals surface area contributed by atoms with Crippen molar-refractivity contribution in [1.29, 1.82) is 0 Å². The van der Waals surface area contributed by atoms with Crippen molar-refractivity contribution >= 4 is 5.91 Å². The van der Waals surface area contributed by atoms with E-state index in [2.05, 4.69) is 5.32 Å². The summed E-state index contributed by atoms with van der Waals surface area (Å²) in [4.78, 5) is 11.6. The molecule has 0 aliphatic heterocycles. The van der Waals surface area contributed by atoms with Crippen molar-refractivity contribution in [3.63, 3.8) is 0 Å². The number of ether oxygens (including phenoxy) is 1. The summed E-state index contributed by atoms with van der Waals surface area (Å²) in [6.07, 6.45) is 0.296. The lowest BCUT2D eigenvalue weighted by Gasteiger charge is -2.28. The summed E-state index contributed by atoms with van der Waals surface area (Å²) >= 11 is 0. The second-order valence-corrected chi connectivity index (χ2v) is 4.96. The average Bonchev–Trinajstić information content (AvgIpc) is 2.01. The van der Waals surface area contributed by atoms with Crippen molar-refractivity contribution in [3.05, 3.63) is 0 Å². The number of rotatable bonds is 6. The maximum absolute atomic E-state index is 11.6. The highest BCUT2D eigenvalue weighted by Crippen LogP contribution is 2.14. The quantitative estimate of drug-likeness (QED) is 0.700. The summed E-state index contributed by atoms with van der Waals surface area (Å²) in [5, 5.41) is 11.8. The number of carbonyl (C=O) groups is 1. The molecule has 0 radical (unpaired) electrons. The molecule has 0 aliphatic rings. The van der Waals surface area contributed by atoms with Crippen LogP contribution in [0.4, 0.5) is 0 Å². The molecule has 0 heterocycles. The van der Waals surface area contributed by atoms with Gasteiger partial charge in [-0.05, 0) is 34.6 Å².